The first-order valence-electron chi connectivity index (χ1n) is 5.90. The Morgan fingerprint density at radius 3 is 3.00 bits per heavy atom. The third kappa shape index (κ3) is 2.63. The molecule has 98 valence electrons. The highest BCUT2D eigenvalue weighted by atomic mass is 79.9. The van der Waals surface area contributed by atoms with Crippen LogP contribution in [0.1, 0.15) is 17.0 Å². The summed E-state index contributed by atoms with van der Waals surface area (Å²) in [6, 6.07) is 11.7. The van der Waals surface area contributed by atoms with Crippen LogP contribution in [0.4, 0.5) is 0 Å². The third-order valence-electron chi connectivity index (χ3n) is 2.76. The molecule has 0 bridgehead atoms. The Bertz CT molecular complexity index is 784. The summed E-state index contributed by atoms with van der Waals surface area (Å²) in [6.45, 7) is 0. The molecule has 0 aliphatic carbocycles. The van der Waals surface area contributed by atoms with Crippen molar-refractivity contribution in [2.75, 3.05) is 0 Å². The van der Waals surface area contributed by atoms with Gasteiger partial charge in [-0.3, -0.25) is 0 Å². The van der Waals surface area contributed by atoms with E-state index in [0.29, 0.717) is 29.4 Å². The van der Waals surface area contributed by atoms with Gasteiger partial charge in [-0.05, 0) is 23.8 Å². The molecule has 0 saturated carbocycles. The number of nitriles is 1. The van der Waals surface area contributed by atoms with Crippen LogP contribution in [0.25, 0.3) is 11.6 Å². The van der Waals surface area contributed by atoms with Gasteiger partial charge in [0.15, 0.2) is 5.82 Å². The van der Waals surface area contributed by atoms with Crippen LogP contribution in [0.5, 0.6) is 0 Å². The number of nitrogens with zero attached hydrogens (tertiary/aromatic N) is 3. The molecule has 2 aromatic heterocycles. The maximum atomic E-state index is 8.78. The molecule has 5 nitrogen and oxygen atoms in total. The van der Waals surface area contributed by atoms with Crippen molar-refractivity contribution in [3.05, 3.63) is 58.0 Å². The Morgan fingerprint density at radius 2 is 2.25 bits per heavy atom. The van der Waals surface area contributed by atoms with Crippen molar-refractivity contribution in [3.63, 3.8) is 0 Å². The van der Waals surface area contributed by atoms with E-state index in [1.807, 2.05) is 30.3 Å². The number of benzene rings is 1. The van der Waals surface area contributed by atoms with Crippen LogP contribution in [0.3, 0.4) is 0 Å². The Hall–Kier alpha value is -2.39. The summed E-state index contributed by atoms with van der Waals surface area (Å²) < 4.78 is 6.21. The Balaban J connectivity index is 1.82. The van der Waals surface area contributed by atoms with E-state index in [-0.39, 0.29) is 0 Å². The molecule has 0 amide bonds. The number of hydrogen-bond acceptors (Lipinski definition) is 4. The minimum atomic E-state index is 0.386. The molecule has 0 radical (unpaired) electrons. The lowest BCUT2D eigenvalue weighted by Crippen LogP contribution is -1.90. The van der Waals surface area contributed by atoms with E-state index in [1.165, 1.54) is 0 Å². The standard InChI is InChI=1S/C14H9BrN4O/c15-11-3-1-2-9(4-11)6-13-18-14(20-19-13)12-5-10(7-16)8-17-12/h1-5,8,17H,6H2. The van der Waals surface area contributed by atoms with Crippen molar-refractivity contribution in [3.8, 4) is 17.7 Å². The molecule has 20 heavy (non-hydrogen) atoms. The van der Waals surface area contributed by atoms with Crippen LogP contribution < -0.4 is 0 Å². The van der Waals surface area contributed by atoms with Gasteiger partial charge in [-0.25, -0.2) is 0 Å². The van der Waals surface area contributed by atoms with Gasteiger partial charge in [0.1, 0.15) is 11.8 Å². The molecule has 0 fully saturated rings. The second-order valence-electron chi connectivity index (χ2n) is 4.24. The number of aromatic amines is 1. The number of halogens is 1. The predicted octanol–water partition coefficient (Wildman–Crippen LogP) is 3.29. The zero-order chi connectivity index (χ0) is 13.9. The van der Waals surface area contributed by atoms with E-state index in [0.717, 1.165) is 10.0 Å². The number of hydrogen-bond donors (Lipinski definition) is 1. The quantitative estimate of drug-likeness (QED) is 0.800. The summed E-state index contributed by atoms with van der Waals surface area (Å²) in [5.41, 5.74) is 2.28. The molecule has 1 aromatic carbocycles. The van der Waals surface area contributed by atoms with Crippen LogP contribution in [0.15, 0.2) is 45.5 Å². The SMILES string of the molecule is N#Cc1c[nH]c(-c2nc(Cc3cccc(Br)c3)no2)c1. The molecule has 3 rings (SSSR count). The molecule has 3 aromatic rings. The normalized spacial score (nSPS) is 10.4. The number of H-pyrrole nitrogens is 1. The molecule has 0 saturated heterocycles. The topological polar surface area (TPSA) is 78.5 Å². The Labute approximate surface area is 123 Å². The Morgan fingerprint density at radius 1 is 1.35 bits per heavy atom. The first-order valence-corrected chi connectivity index (χ1v) is 6.70. The first kappa shape index (κ1) is 12.6. The van der Waals surface area contributed by atoms with Gasteiger partial charge >= 0.3 is 0 Å². The molecule has 1 N–H and O–H groups in total. The highest BCUT2D eigenvalue weighted by molar-refractivity contribution is 9.10. The molecule has 0 spiro atoms. The van der Waals surface area contributed by atoms with Gasteiger partial charge in [-0.15, -0.1) is 0 Å². The molecular weight excluding hydrogens is 320 g/mol. The molecular formula is C14H9BrN4O. The van der Waals surface area contributed by atoms with E-state index in [1.54, 1.807) is 12.3 Å². The van der Waals surface area contributed by atoms with Gasteiger partial charge in [-0.1, -0.05) is 33.2 Å². The van der Waals surface area contributed by atoms with Gasteiger partial charge in [0.05, 0.1) is 5.56 Å². The van der Waals surface area contributed by atoms with E-state index in [4.69, 9.17) is 9.78 Å². The fourth-order valence-electron chi connectivity index (χ4n) is 1.85. The fraction of sp³-hybridized carbons (Fsp3) is 0.0714. The summed E-state index contributed by atoms with van der Waals surface area (Å²) >= 11 is 3.43. The summed E-state index contributed by atoms with van der Waals surface area (Å²) in [7, 11) is 0. The van der Waals surface area contributed by atoms with Gasteiger partial charge in [0, 0.05) is 17.1 Å². The molecule has 6 heteroatoms. The lowest BCUT2D eigenvalue weighted by Gasteiger charge is -1.96. The van der Waals surface area contributed by atoms with Crippen LogP contribution in [-0.4, -0.2) is 15.1 Å². The van der Waals surface area contributed by atoms with E-state index >= 15 is 0 Å². The van der Waals surface area contributed by atoms with Crippen molar-refractivity contribution in [1.29, 1.82) is 5.26 Å². The third-order valence-corrected chi connectivity index (χ3v) is 3.26. The van der Waals surface area contributed by atoms with Crippen molar-refractivity contribution in [1.82, 2.24) is 15.1 Å². The zero-order valence-electron chi connectivity index (χ0n) is 10.3. The second kappa shape index (κ2) is 5.31. The average molecular weight is 329 g/mol. The van der Waals surface area contributed by atoms with Crippen molar-refractivity contribution in [2.24, 2.45) is 0 Å². The van der Waals surface area contributed by atoms with Crippen LogP contribution >= 0.6 is 15.9 Å². The summed E-state index contributed by atoms with van der Waals surface area (Å²) in [6.07, 6.45) is 2.20. The second-order valence-corrected chi connectivity index (χ2v) is 5.15. The average Bonchev–Trinajstić information content (AvgIpc) is 3.07. The Kier molecular flexibility index (Phi) is 3.35. The molecule has 0 unspecified atom stereocenters. The largest absolute Gasteiger partial charge is 0.356 e. The fourth-order valence-corrected chi connectivity index (χ4v) is 2.29. The van der Waals surface area contributed by atoms with Crippen LogP contribution in [-0.2, 0) is 6.42 Å². The predicted molar refractivity (Wildman–Crippen MR) is 75.7 cm³/mol. The smallest absolute Gasteiger partial charge is 0.274 e. The van der Waals surface area contributed by atoms with Gasteiger partial charge in [-0.2, -0.15) is 10.2 Å². The summed E-state index contributed by atoms with van der Waals surface area (Å²) in [4.78, 5) is 7.25. The molecule has 0 aliphatic rings. The van der Waals surface area contributed by atoms with E-state index in [2.05, 4.69) is 31.1 Å². The first-order chi connectivity index (χ1) is 9.74. The number of nitrogens with one attached hydrogen (secondary N) is 1. The van der Waals surface area contributed by atoms with Crippen molar-refractivity contribution < 1.29 is 4.52 Å². The number of aromatic nitrogens is 3. The highest BCUT2D eigenvalue weighted by Gasteiger charge is 2.11. The minimum Gasteiger partial charge on any atom is -0.356 e. The summed E-state index contributed by atoms with van der Waals surface area (Å²) in [5, 5.41) is 12.7. The van der Waals surface area contributed by atoms with Crippen LogP contribution in [0.2, 0.25) is 0 Å². The van der Waals surface area contributed by atoms with E-state index in [9.17, 15) is 0 Å². The monoisotopic (exact) mass is 328 g/mol. The minimum absolute atomic E-state index is 0.386. The van der Waals surface area contributed by atoms with Crippen LogP contribution in [0, 0.1) is 11.3 Å². The lowest BCUT2D eigenvalue weighted by molar-refractivity contribution is 0.423. The highest BCUT2D eigenvalue weighted by Crippen LogP contribution is 2.18. The molecule has 0 aliphatic heterocycles. The molecule has 2 heterocycles. The lowest BCUT2D eigenvalue weighted by atomic mass is 10.1. The maximum Gasteiger partial charge on any atom is 0.274 e. The van der Waals surface area contributed by atoms with Gasteiger partial charge in [0.2, 0.25) is 0 Å². The number of rotatable bonds is 3. The summed E-state index contributed by atoms with van der Waals surface area (Å²) in [5.74, 6) is 0.989. The molecule has 0 atom stereocenters. The van der Waals surface area contributed by atoms with Gasteiger partial charge in [0.25, 0.3) is 5.89 Å². The van der Waals surface area contributed by atoms with Crippen molar-refractivity contribution in [2.45, 2.75) is 6.42 Å². The maximum absolute atomic E-state index is 8.78. The van der Waals surface area contributed by atoms with Crippen molar-refractivity contribution >= 4 is 15.9 Å². The van der Waals surface area contributed by atoms with Gasteiger partial charge < -0.3 is 9.51 Å². The zero-order valence-corrected chi connectivity index (χ0v) is 11.9. The van der Waals surface area contributed by atoms with E-state index < -0.39 is 0 Å².